The van der Waals surface area contributed by atoms with Gasteiger partial charge < -0.3 is 14.8 Å². The number of anilines is 2. The molecule has 6 nitrogen and oxygen atoms in total. The van der Waals surface area contributed by atoms with Gasteiger partial charge in [0.1, 0.15) is 0 Å². The summed E-state index contributed by atoms with van der Waals surface area (Å²) in [6.45, 7) is 4.99. The first-order valence-corrected chi connectivity index (χ1v) is 8.00. The summed E-state index contributed by atoms with van der Waals surface area (Å²) >= 11 is 0. The van der Waals surface area contributed by atoms with Crippen molar-refractivity contribution < 1.29 is 9.47 Å². The van der Waals surface area contributed by atoms with Crippen LogP contribution >= 0.6 is 0 Å². The molecule has 1 aromatic carbocycles. The van der Waals surface area contributed by atoms with Crippen LogP contribution in [0.1, 0.15) is 31.5 Å². The minimum absolute atomic E-state index is 0.0500. The molecule has 0 aliphatic heterocycles. The second-order valence-corrected chi connectivity index (χ2v) is 5.35. The van der Waals surface area contributed by atoms with Gasteiger partial charge in [0.2, 0.25) is 5.95 Å². The highest BCUT2D eigenvalue weighted by atomic mass is 16.5. The Morgan fingerprint density at radius 3 is 2.74 bits per heavy atom. The molecule has 1 aliphatic rings. The second-order valence-electron chi connectivity index (χ2n) is 5.35. The zero-order valence-corrected chi connectivity index (χ0v) is 13.4. The summed E-state index contributed by atoms with van der Waals surface area (Å²) in [6.07, 6.45) is 2.67. The average Bonchev–Trinajstić information content (AvgIpc) is 2.99. The fourth-order valence-electron chi connectivity index (χ4n) is 2.77. The molecular formula is C17H21N3O3. The predicted octanol–water partition coefficient (Wildman–Crippen LogP) is 2.80. The number of benzene rings is 1. The van der Waals surface area contributed by atoms with E-state index in [4.69, 9.17) is 9.47 Å². The summed E-state index contributed by atoms with van der Waals surface area (Å²) in [5.41, 5.74) is 2.45. The van der Waals surface area contributed by atoms with Gasteiger partial charge in [-0.15, -0.1) is 0 Å². The smallest absolute Gasteiger partial charge is 0.255 e. The molecule has 1 heterocycles. The Labute approximate surface area is 134 Å². The van der Waals surface area contributed by atoms with Gasteiger partial charge in [0.05, 0.1) is 18.9 Å². The molecule has 122 valence electrons. The van der Waals surface area contributed by atoms with E-state index < -0.39 is 0 Å². The monoisotopic (exact) mass is 315 g/mol. The van der Waals surface area contributed by atoms with E-state index in [0.717, 1.165) is 36.2 Å². The molecule has 2 aromatic rings. The van der Waals surface area contributed by atoms with Crippen LogP contribution in [0, 0.1) is 0 Å². The van der Waals surface area contributed by atoms with E-state index in [2.05, 4.69) is 15.3 Å². The highest BCUT2D eigenvalue weighted by Gasteiger charge is 2.17. The number of H-pyrrole nitrogens is 1. The van der Waals surface area contributed by atoms with Gasteiger partial charge in [-0.25, -0.2) is 4.98 Å². The minimum Gasteiger partial charge on any atom is -0.490 e. The summed E-state index contributed by atoms with van der Waals surface area (Å²) in [4.78, 5) is 19.4. The second kappa shape index (κ2) is 6.73. The van der Waals surface area contributed by atoms with Crippen LogP contribution in [-0.2, 0) is 12.8 Å². The van der Waals surface area contributed by atoms with Crippen molar-refractivity contribution in [1.29, 1.82) is 0 Å². The van der Waals surface area contributed by atoms with Crippen LogP contribution in [0.4, 0.5) is 11.6 Å². The number of aromatic amines is 1. The Kier molecular flexibility index (Phi) is 4.50. The molecule has 0 spiro atoms. The lowest BCUT2D eigenvalue weighted by Crippen LogP contribution is -2.16. The summed E-state index contributed by atoms with van der Waals surface area (Å²) in [7, 11) is 0. The molecule has 1 aliphatic carbocycles. The number of hydrogen-bond acceptors (Lipinski definition) is 5. The van der Waals surface area contributed by atoms with E-state index in [1.165, 1.54) is 0 Å². The Bertz CT molecular complexity index is 755. The predicted molar refractivity (Wildman–Crippen MR) is 88.9 cm³/mol. The molecule has 0 bridgehead atoms. The number of nitrogens with one attached hydrogen (secondary N) is 2. The maximum atomic E-state index is 12.1. The fraction of sp³-hybridized carbons (Fsp3) is 0.412. The van der Waals surface area contributed by atoms with Crippen LogP contribution in [-0.4, -0.2) is 23.2 Å². The third kappa shape index (κ3) is 3.31. The van der Waals surface area contributed by atoms with Gasteiger partial charge in [-0.1, -0.05) is 0 Å². The molecular weight excluding hydrogens is 294 g/mol. The van der Waals surface area contributed by atoms with Crippen molar-refractivity contribution in [2.45, 2.75) is 33.1 Å². The zero-order chi connectivity index (χ0) is 16.2. The topological polar surface area (TPSA) is 76.2 Å². The van der Waals surface area contributed by atoms with Crippen molar-refractivity contribution in [2.24, 2.45) is 0 Å². The van der Waals surface area contributed by atoms with E-state index in [1.807, 2.05) is 32.0 Å². The highest BCUT2D eigenvalue weighted by molar-refractivity contribution is 5.60. The molecule has 2 N–H and O–H groups in total. The van der Waals surface area contributed by atoms with Crippen molar-refractivity contribution in [3.63, 3.8) is 0 Å². The SMILES string of the molecule is CCOc1ccc(Nc2nc3c(c(=O)[nH]2)CCC3)cc1OCC. The third-order valence-electron chi connectivity index (χ3n) is 3.75. The van der Waals surface area contributed by atoms with Gasteiger partial charge in [-0.05, 0) is 45.2 Å². The van der Waals surface area contributed by atoms with E-state index in [0.29, 0.717) is 30.7 Å². The van der Waals surface area contributed by atoms with E-state index in [-0.39, 0.29) is 5.56 Å². The first-order valence-electron chi connectivity index (χ1n) is 8.00. The quantitative estimate of drug-likeness (QED) is 0.857. The lowest BCUT2D eigenvalue weighted by Gasteiger charge is -2.13. The average molecular weight is 315 g/mol. The normalized spacial score (nSPS) is 12.8. The number of fused-ring (bicyclic) bond motifs is 1. The molecule has 0 saturated carbocycles. The van der Waals surface area contributed by atoms with Crippen molar-refractivity contribution in [3.8, 4) is 11.5 Å². The van der Waals surface area contributed by atoms with Crippen LogP contribution in [0.15, 0.2) is 23.0 Å². The zero-order valence-electron chi connectivity index (χ0n) is 13.4. The summed E-state index contributed by atoms with van der Waals surface area (Å²) in [5, 5.41) is 3.14. The molecule has 3 rings (SSSR count). The van der Waals surface area contributed by atoms with Crippen LogP contribution in [0.5, 0.6) is 11.5 Å². The van der Waals surface area contributed by atoms with Crippen LogP contribution in [0.2, 0.25) is 0 Å². The number of aryl methyl sites for hydroxylation is 1. The van der Waals surface area contributed by atoms with Crippen molar-refractivity contribution in [2.75, 3.05) is 18.5 Å². The largest absolute Gasteiger partial charge is 0.490 e. The van der Waals surface area contributed by atoms with Gasteiger partial charge in [0, 0.05) is 17.3 Å². The van der Waals surface area contributed by atoms with Gasteiger partial charge in [-0.2, -0.15) is 0 Å². The van der Waals surface area contributed by atoms with Crippen molar-refractivity contribution in [3.05, 3.63) is 39.8 Å². The molecule has 0 radical (unpaired) electrons. The summed E-state index contributed by atoms with van der Waals surface area (Å²) < 4.78 is 11.2. The molecule has 23 heavy (non-hydrogen) atoms. The van der Waals surface area contributed by atoms with E-state index >= 15 is 0 Å². The first kappa shape index (κ1) is 15.4. The van der Waals surface area contributed by atoms with Gasteiger partial charge >= 0.3 is 0 Å². The fourth-order valence-corrected chi connectivity index (χ4v) is 2.77. The van der Waals surface area contributed by atoms with Crippen molar-refractivity contribution in [1.82, 2.24) is 9.97 Å². The highest BCUT2D eigenvalue weighted by Crippen LogP contribution is 2.31. The van der Waals surface area contributed by atoms with Gasteiger partial charge in [0.15, 0.2) is 11.5 Å². The molecule has 1 aromatic heterocycles. The summed E-state index contributed by atoms with van der Waals surface area (Å²) in [6, 6.07) is 5.57. The van der Waals surface area contributed by atoms with E-state index in [1.54, 1.807) is 0 Å². The van der Waals surface area contributed by atoms with Crippen molar-refractivity contribution >= 4 is 11.6 Å². The van der Waals surface area contributed by atoms with Gasteiger partial charge in [0.25, 0.3) is 5.56 Å². The first-order chi connectivity index (χ1) is 11.2. The van der Waals surface area contributed by atoms with E-state index in [9.17, 15) is 4.79 Å². The molecule has 0 unspecified atom stereocenters. The molecule has 0 atom stereocenters. The van der Waals surface area contributed by atoms with Crippen LogP contribution < -0.4 is 20.3 Å². The number of nitrogens with zero attached hydrogens (tertiary/aromatic N) is 1. The number of rotatable bonds is 6. The Hall–Kier alpha value is -2.50. The lowest BCUT2D eigenvalue weighted by molar-refractivity contribution is 0.288. The van der Waals surface area contributed by atoms with Crippen LogP contribution in [0.25, 0.3) is 0 Å². The molecule has 0 fully saturated rings. The third-order valence-corrected chi connectivity index (χ3v) is 3.75. The number of ether oxygens (including phenoxy) is 2. The molecule has 0 saturated heterocycles. The maximum absolute atomic E-state index is 12.1. The Morgan fingerprint density at radius 1 is 1.17 bits per heavy atom. The Morgan fingerprint density at radius 2 is 1.96 bits per heavy atom. The van der Waals surface area contributed by atoms with Gasteiger partial charge in [-0.3, -0.25) is 9.78 Å². The number of aromatic nitrogens is 2. The Balaban J connectivity index is 1.87. The number of hydrogen-bond donors (Lipinski definition) is 2. The molecule has 0 amide bonds. The maximum Gasteiger partial charge on any atom is 0.255 e. The molecule has 6 heteroatoms. The van der Waals surface area contributed by atoms with Crippen LogP contribution in [0.3, 0.4) is 0 Å². The minimum atomic E-state index is -0.0500. The summed E-state index contributed by atoms with van der Waals surface area (Å²) in [5.74, 6) is 1.83. The lowest BCUT2D eigenvalue weighted by atomic mass is 10.2. The standard InChI is InChI=1S/C17H21N3O3/c1-3-22-14-9-8-11(10-15(14)23-4-2)18-17-19-13-7-5-6-12(13)16(21)20-17/h8-10H,3-7H2,1-2H3,(H2,18,19,20,21).